The first-order chi connectivity index (χ1) is 29.8. The van der Waals surface area contributed by atoms with Crippen LogP contribution >= 0.6 is 0 Å². The van der Waals surface area contributed by atoms with E-state index in [2.05, 4.69) is 240 Å². The smallest absolute Gasteiger partial charge is 0.0543 e. The second-order valence-electron chi connectivity index (χ2n) is 15.6. The van der Waals surface area contributed by atoms with E-state index in [1.165, 1.54) is 83.1 Å². The van der Waals surface area contributed by atoms with Gasteiger partial charge in [-0.2, -0.15) is 0 Å². The summed E-state index contributed by atoms with van der Waals surface area (Å²) in [5.41, 5.74) is 18.2. The van der Waals surface area contributed by atoms with Crippen molar-refractivity contribution in [2.45, 2.75) is 12.8 Å². The van der Waals surface area contributed by atoms with E-state index in [0.717, 1.165) is 29.9 Å². The molecule has 1 aliphatic rings. The summed E-state index contributed by atoms with van der Waals surface area (Å²) in [7, 11) is 0. The number of anilines is 3. The topological polar surface area (TPSA) is 8.17 Å². The Morgan fingerprint density at radius 2 is 0.950 bits per heavy atom. The number of fused-ring (bicyclic) bond motifs is 4. The zero-order chi connectivity index (χ0) is 39.8. The van der Waals surface area contributed by atoms with Crippen molar-refractivity contribution >= 4 is 44.8 Å². The van der Waals surface area contributed by atoms with E-state index in [1.807, 2.05) is 0 Å². The van der Waals surface area contributed by atoms with Gasteiger partial charge in [0.25, 0.3) is 0 Å². The lowest BCUT2D eigenvalue weighted by Crippen LogP contribution is -2.10. The van der Waals surface area contributed by atoms with Crippen LogP contribution in [0.15, 0.2) is 224 Å². The van der Waals surface area contributed by atoms with E-state index in [-0.39, 0.29) is 0 Å². The number of para-hydroxylation sites is 1. The van der Waals surface area contributed by atoms with Crippen LogP contribution in [0.25, 0.3) is 77.9 Å². The number of hydrogen-bond donors (Lipinski definition) is 0. The molecule has 0 saturated heterocycles. The van der Waals surface area contributed by atoms with Crippen molar-refractivity contribution in [1.82, 2.24) is 4.57 Å². The standard InChI is InChI=1S/C58H42N2/c1-3-14-41(15-4-1)43-32-36-49(37-33-43)59(50-38-34-44(35-39-50)42-28-30-46(31-29-42)53-24-12-17-45-16-7-8-22-52(45)53)51-21-11-18-47(40-51)54-25-13-27-57-58(54)55-23-9-10-26-56(55)60(57)48-19-5-2-6-20-48/h1-9,11-25,27-40H,10,26H2. The lowest BCUT2D eigenvalue weighted by atomic mass is 9.95. The van der Waals surface area contributed by atoms with E-state index in [1.54, 1.807) is 0 Å². The number of hydrogen-bond acceptors (Lipinski definition) is 1. The van der Waals surface area contributed by atoms with E-state index >= 15 is 0 Å². The van der Waals surface area contributed by atoms with Crippen molar-refractivity contribution < 1.29 is 0 Å². The van der Waals surface area contributed by atoms with Crippen molar-refractivity contribution in [3.63, 3.8) is 0 Å². The van der Waals surface area contributed by atoms with Gasteiger partial charge < -0.3 is 9.47 Å². The number of rotatable bonds is 8. The highest BCUT2D eigenvalue weighted by atomic mass is 15.1. The SMILES string of the molecule is C1=Cc2c(n(-c3ccccc3)c3cccc(-c4cccc(N(c5ccc(-c6ccccc6)cc5)c5ccc(-c6ccc(-c7cccc8ccccc78)cc6)cc5)c4)c23)CC1. The molecule has 10 aromatic rings. The summed E-state index contributed by atoms with van der Waals surface area (Å²) in [6.07, 6.45) is 6.74. The van der Waals surface area contributed by atoms with Gasteiger partial charge in [0.1, 0.15) is 0 Å². The minimum atomic E-state index is 1.02. The molecule has 60 heavy (non-hydrogen) atoms. The summed E-state index contributed by atoms with van der Waals surface area (Å²) in [6, 6.07) is 79.4. The van der Waals surface area contributed by atoms with Crippen LogP contribution in [0.4, 0.5) is 17.1 Å². The maximum Gasteiger partial charge on any atom is 0.0543 e. The third-order valence-electron chi connectivity index (χ3n) is 12.1. The molecule has 0 amide bonds. The van der Waals surface area contributed by atoms with Crippen molar-refractivity contribution in [2.75, 3.05) is 4.90 Å². The molecular formula is C58H42N2. The van der Waals surface area contributed by atoms with Gasteiger partial charge in [-0.25, -0.2) is 0 Å². The second kappa shape index (κ2) is 15.2. The Bertz CT molecular complexity index is 3150. The van der Waals surface area contributed by atoms with Gasteiger partial charge in [-0.15, -0.1) is 0 Å². The van der Waals surface area contributed by atoms with Crippen LogP contribution in [-0.2, 0) is 6.42 Å². The van der Waals surface area contributed by atoms with Gasteiger partial charge in [0, 0.05) is 39.4 Å². The van der Waals surface area contributed by atoms with Gasteiger partial charge in [-0.1, -0.05) is 176 Å². The lowest BCUT2D eigenvalue weighted by molar-refractivity contribution is 0.888. The van der Waals surface area contributed by atoms with Crippen LogP contribution in [0.1, 0.15) is 17.7 Å². The Kier molecular flexibility index (Phi) is 9.02. The zero-order valence-electron chi connectivity index (χ0n) is 33.2. The molecule has 0 fully saturated rings. The van der Waals surface area contributed by atoms with Crippen molar-refractivity contribution in [1.29, 1.82) is 0 Å². The van der Waals surface area contributed by atoms with E-state index < -0.39 is 0 Å². The Morgan fingerprint density at radius 1 is 0.400 bits per heavy atom. The third kappa shape index (κ3) is 6.40. The fraction of sp³-hybridized carbons (Fsp3) is 0.0345. The monoisotopic (exact) mass is 766 g/mol. The van der Waals surface area contributed by atoms with Gasteiger partial charge >= 0.3 is 0 Å². The maximum absolute atomic E-state index is 2.47. The van der Waals surface area contributed by atoms with Gasteiger partial charge in [0.2, 0.25) is 0 Å². The number of allylic oxidation sites excluding steroid dienone is 1. The molecule has 0 spiro atoms. The second-order valence-corrected chi connectivity index (χ2v) is 15.6. The summed E-state index contributed by atoms with van der Waals surface area (Å²) in [5.74, 6) is 0. The molecule has 0 aliphatic heterocycles. The predicted octanol–water partition coefficient (Wildman–Crippen LogP) is 15.9. The molecule has 2 nitrogen and oxygen atoms in total. The van der Waals surface area contributed by atoms with Crippen molar-refractivity contribution in [2.24, 2.45) is 0 Å². The number of benzene rings is 9. The summed E-state index contributed by atoms with van der Waals surface area (Å²) in [5, 5.41) is 3.84. The minimum Gasteiger partial charge on any atom is -0.313 e. The van der Waals surface area contributed by atoms with Crippen LogP contribution in [0.2, 0.25) is 0 Å². The van der Waals surface area contributed by atoms with E-state index in [4.69, 9.17) is 0 Å². The maximum atomic E-state index is 2.47. The fourth-order valence-corrected chi connectivity index (χ4v) is 9.20. The molecule has 0 atom stereocenters. The third-order valence-corrected chi connectivity index (χ3v) is 12.1. The predicted molar refractivity (Wildman–Crippen MR) is 255 cm³/mol. The highest BCUT2D eigenvalue weighted by molar-refractivity contribution is 6.04. The summed E-state index contributed by atoms with van der Waals surface area (Å²) < 4.78 is 2.47. The van der Waals surface area contributed by atoms with Crippen LogP contribution in [-0.4, -0.2) is 4.57 Å². The minimum absolute atomic E-state index is 1.02. The van der Waals surface area contributed by atoms with E-state index in [0.29, 0.717) is 0 Å². The highest BCUT2D eigenvalue weighted by Crippen LogP contribution is 2.43. The van der Waals surface area contributed by atoms with Gasteiger partial charge in [0.15, 0.2) is 0 Å². The first-order valence-corrected chi connectivity index (χ1v) is 20.9. The first-order valence-electron chi connectivity index (χ1n) is 20.9. The van der Waals surface area contributed by atoms with Gasteiger partial charge in [-0.05, 0) is 123 Å². The summed E-state index contributed by atoms with van der Waals surface area (Å²) >= 11 is 0. The molecule has 0 bridgehead atoms. The molecule has 9 aromatic carbocycles. The Balaban J connectivity index is 0.992. The molecular weight excluding hydrogens is 725 g/mol. The van der Waals surface area contributed by atoms with Crippen LogP contribution in [0.5, 0.6) is 0 Å². The first kappa shape index (κ1) is 35.5. The molecule has 11 rings (SSSR count). The lowest BCUT2D eigenvalue weighted by Gasteiger charge is -2.26. The highest BCUT2D eigenvalue weighted by Gasteiger charge is 2.22. The quantitative estimate of drug-likeness (QED) is 0.150. The van der Waals surface area contributed by atoms with Crippen LogP contribution in [0, 0.1) is 0 Å². The zero-order valence-corrected chi connectivity index (χ0v) is 33.2. The van der Waals surface area contributed by atoms with Crippen molar-refractivity contribution in [3.8, 4) is 50.2 Å². The molecule has 1 heterocycles. The van der Waals surface area contributed by atoms with E-state index in [9.17, 15) is 0 Å². The van der Waals surface area contributed by atoms with Crippen LogP contribution in [0.3, 0.4) is 0 Å². The molecule has 0 saturated carbocycles. The fourth-order valence-electron chi connectivity index (χ4n) is 9.20. The molecule has 284 valence electrons. The molecule has 0 N–H and O–H groups in total. The summed E-state index contributed by atoms with van der Waals surface area (Å²) in [4.78, 5) is 2.39. The molecule has 0 unspecified atom stereocenters. The molecule has 1 aliphatic carbocycles. The molecule has 1 aromatic heterocycles. The largest absolute Gasteiger partial charge is 0.313 e. The Labute approximate surface area is 351 Å². The van der Waals surface area contributed by atoms with Gasteiger partial charge in [-0.3, -0.25) is 0 Å². The Morgan fingerprint density at radius 3 is 1.68 bits per heavy atom. The average Bonchev–Trinajstić information content (AvgIpc) is 3.67. The number of aromatic nitrogens is 1. The number of nitrogens with zero attached hydrogens (tertiary/aromatic N) is 2. The average molecular weight is 767 g/mol. The normalized spacial score (nSPS) is 12.1. The molecule has 2 heteroatoms. The Hall–Kier alpha value is -7.68. The van der Waals surface area contributed by atoms with Crippen molar-refractivity contribution in [3.05, 3.63) is 236 Å². The van der Waals surface area contributed by atoms with Crippen LogP contribution < -0.4 is 4.90 Å². The van der Waals surface area contributed by atoms with Gasteiger partial charge in [0.05, 0.1) is 5.52 Å². The molecule has 0 radical (unpaired) electrons. The summed E-state index contributed by atoms with van der Waals surface area (Å²) in [6.45, 7) is 0.